The summed E-state index contributed by atoms with van der Waals surface area (Å²) < 4.78 is 29.5. The summed E-state index contributed by atoms with van der Waals surface area (Å²) in [4.78, 5) is 25.8. The number of hydrogen-bond acceptors (Lipinski definition) is 4. The number of nitrogens with zero attached hydrogens (tertiary/aromatic N) is 4. The summed E-state index contributed by atoms with van der Waals surface area (Å²) in [5.74, 6) is -2.15. The third kappa shape index (κ3) is 3.75. The lowest BCUT2D eigenvalue weighted by Gasteiger charge is -2.11. The SMILES string of the molecule is O=C(Cn1nc(C2CC2)c2cnn(-c3cccc(Cl)c3)c2c1=O)Nc1ccc(F)cc1F. The summed E-state index contributed by atoms with van der Waals surface area (Å²) in [6, 6.07) is 9.72. The second kappa shape index (κ2) is 7.83. The topological polar surface area (TPSA) is 81.8 Å². The molecule has 1 fully saturated rings. The van der Waals surface area contributed by atoms with E-state index in [-0.39, 0.29) is 17.1 Å². The number of carbonyl (C=O) groups excluding carboxylic acids is 1. The average Bonchev–Trinajstić information content (AvgIpc) is 3.50. The Morgan fingerprint density at radius 1 is 1.19 bits per heavy atom. The molecule has 2 aromatic carbocycles. The number of benzene rings is 2. The van der Waals surface area contributed by atoms with Gasteiger partial charge >= 0.3 is 0 Å². The molecule has 2 heterocycles. The quantitative estimate of drug-likeness (QED) is 0.492. The van der Waals surface area contributed by atoms with Gasteiger partial charge in [0.25, 0.3) is 5.56 Å². The summed E-state index contributed by atoms with van der Waals surface area (Å²) in [7, 11) is 0. The van der Waals surface area contributed by atoms with E-state index < -0.39 is 29.6 Å². The maximum atomic E-state index is 13.9. The van der Waals surface area contributed by atoms with Crippen LogP contribution in [0.1, 0.15) is 24.5 Å². The Labute approximate surface area is 185 Å². The molecule has 0 bridgehead atoms. The van der Waals surface area contributed by atoms with Crippen molar-refractivity contribution in [1.29, 1.82) is 0 Å². The van der Waals surface area contributed by atoms with E-state index in [0.29, 0.717) is 27.9 Å². The zero-order valence-corrected chi connectivity index (χ0v) is 17.3. The molecule has 10 heteroatoms. The second-order valence-corrected chi connectivity index (χ2v) is 8.03. The van der Waals surface area contributed by atoms with Crippen LogP contribution in [0.3, 0.4) is 0 Å². The fraction of sp³-hybridized carbons (Fsp3) is 0.182. The van der Waals surface area contributed by atoms with Gasteiger partial charge < -0.3 is 5.32 Å². The Kier molecular flexibility index (Phi) is 4.97. The number of aromatic nitrogens is 4. The molecule has 0 atom stereocenters. The predicted molar refractivity (Wildman–Crippen MR) is 115 cm³/mol. The van der Waals surface area contributed by atoms with Crippen LogP contribution in [-0.4, -0.2) is 25.5 Å². The van der Waals surface area contributed by atoms with E-state index in [1.807, 2.05) is 0 Å². The van der Waals surface area contributed by atoms with Crippen LogP contribution < -0.4 is 10.9 Å². The van der Waals surface area contributed by atoms with Crippen molar-refractivity contribution < 1.29 is 13.6 Å². The normalized spacial score (nSPS) is 13.5. The molecule has 4 aromatic rings. The number of nitrogens with one attached hydrogen (secondary N) is 1. The maximum Gasteiger partial charge on any atom is 0.293 e. The van der Waals surface area contributed by atoms with E-state index in [9.17, 15) is 18.4 Å². The van der Waals surface area contributed by atoms with Crippen molar-refractivity contribution in [3.05, 3.63) is 81.4 Å². The molecule has 32 heavy (non-hydrogen) atoms. The Balaban J connectivity index is 1.56. The first-order valence-electron chi connectivity index (χ1n) is 9.90. The number of fused-ring (bicyclic) bond motifs is 1. The molecule has 0 radical (unpaired) electrons. The lowest BCUT2D eigenvalue weighted by molar-refractivity contribution is -0.117. The van der Waals surface area contributed by atoms with Crippen LogP contribution in [0.4, 0.5) is 14.5 Å². The molecule has 0 spiro atoms. The molecular formula is C22H16ClF2N5O2. The number of rotatable bonds is 5. The zero-order valence-electron chi connectivity index (χ0n) is 16.6. The van der Waals surface area contributed by atoms with E-state index in [4.69, 9.17) is 11.6 Å². The van der Waals surface area contributed by atoms with Crippen molar-refractivity contribution in [3.63, 3.8) is 0 Å². The minimum atomic E-state index is -0.910. The summed E-state index contributed by atoms with van der Waals surface area (Å²) in [5, 5.41) is 12.2. The minimum Gasteiger partial charge on any atom is -0.322 e. The van der Waals surface area contributed by atoms with Gasteiger partial charge in [-0.2, -0.15) is 10.2 Å². The van der Waals surface area contributed by atoms with Gasteiger partial charge in [0.15, 0.2) is 0 Å². The molecule has 7 nitrogen and oxygen atoms in total. The van der Waals surface area contributed by atoms with Gasteiger partial charge in [0, 0.05) is 22.4 Å². The van der Waals surface area contributed by atoms with Gasteiger partial charge in [0.1, 0.15) is 23.7 Å². The molecule has 5 rings (SSSR count). The van der Waals surface area contributed by atoms with Crippen LogP contribution in [0.15, 0.2) is 53.5 Å². The van der Waals surface area contributed by atoms with E-state index >= 15 is 0 Å². The van der Waals surface area contributed by atoms with Crippen LogP contribution >= 0.6 is 11.6 Å². The van der Waals surface area contributed by atoms with Crippen molar-refractivity contribution in [2.45, 2.75) is 25.3 Å². The Morgan fingerprint density at radius 2 is 2.00 bits per heavy atom. The van der Waals surface area contributed by atoms with Crippen molar-refractivity contribution in [1.82, 2.24) is 19.6 Å². The summed E-state index contributed by atoms with van der Waals surface area (Å²) in [6.07, 6.45) is 3.45. The van der Waals surface area contributed by atoms with Crippen molar-refractivity contribution in [2.75, 3.05) is 5.32 Å². The molecule has 162 valence electrons. The first-order chi connectivity index (χ1) is 15.4. The first-order valence-corrected chi connectivity index (χ1v) is 10.3. The summed E-state index contributed by atoms with van der Waals surface area (Å²) >= 11 is 6.10. The van der Waals surface area contributed by atoms with E-state index in [0.717, 1.165) is 29.7 Å². The highest BCUT2D eigenvalue weighted by Gasteiger charge is 2.30. The number of anilines is 1. The Bertz CT molecular complexity index is 1430. The summed E-state index contributed by atoms with van der Waals surface area (Å²) in [5.41, 5.74) is 0.869. The number of halogens is 3. The standard InChI is InChI=1S/C22H16ClF2N5O2/c23-13-2-1-3-15(8-13)30-21-16(10-26-30)20(12-4-5-12)28-29(22(21)32)11-19(31)27-18-7-6-14(24)9-17(18)25/h1-3,6-10,12H,4-5,11H2,(H,27,31). The lowest BCUT2D eigenvalue weighted by atomic mass is 10.2. The van der Waals surface area contributed by atoms with E-state index in [1.165, 1.54) is 4.68 Å². The van der Waals surface area contributed by atoms with Gasteiger partial charge in [-0.1, -0.05) is 17.7 Å². The molecule has 1 saturated carbocycles. The van der Waals surface area contributed by atoms with E-state index in [1.54, 1.807) is 30.5 Å². The fourth-order valence-corrected chi connectivity index (χ4v) is 3.76. The molecule has 0 unspecified atom stereocenters. The smallest absolute Gasteiger partial charge is 0.293 e. The van der Waals surface area contributed by atoms with Gasteiger partial charge in [-0.3, -0.25) is 9.59 Å². The molecule has 2 aromatic heterocycles. The molecule has 1 N–H and O–H groups in total. The second-order valence-electron chi connectivity index (χ2n) is 7.59. The monoisotopic (exact) mass is 455 g/mol. The van der Waals surface area contributed by atoms with Gasteiger partial charge in [-0.25, -0.2) is 18.1 Å². The van der Waals surface area contributed by atoms with Crippen LogP contribution in [0.5, 0.6) is 0 Å². The maximum absolute atomic E-state index is 13.9. The highest BCUT2D eigenvalue weighted by atomic mass is 35.5. The predicted octanol–water partition coefficient (Wildman–Crippen LogP) is 4.03. The zero-order chi connectivity index (χ0) is 22.4. The number of amides is 1. The van der Waals surface area contributed by atoms with Crippen LogP contribution in [0.25, 0.3) is 16.6 Å². The number of hydrogen-bond donors (Lipinski definition) is 1. The van der Waals surface area contributed by atoms with Gasteiger partial charge in [-0.05, 0) is 43.2 Å². The third-order valence-electron chi connectivity index (χ3n) is 5.23. The highest BCUT2D eigenvalue weighted by Crippen LogP contribution is 2.41. The lowest BCUT2D eigenvalue weighted by Crippen LogP contribution is -2.31. The minimum absolute atomic E-state index is 0.180. The summed E-state index contributed by atoms with van der Waals surface area (Å²) in [6.45, 7) is -0.438. The first kappa shape index (κ1) is 20.3. The average molecular weight is 456 g/mol. The van der Waals surface area contributed by atoms with E-state index in [2.05, 4.69) is 15.5 Å². The molecule has 1 amide bonds. The largest absolute Gasteiger partial charge is 0.322 e. The molecular weight excluding hydrogens is 440 g/mol. The van der Waals surface area contributed by atoms with Crippen molar-refractivity contribution in [2.24, 2.45) is 0 Å². The number of carbonyl (C=O) groups is 1. The molecule has 1 aliphatic rings. The van der Waals surface area contributed by atoms with Crippen LogP contribution in [0.2, 0.25) is 5.02 Å². The Morgan fingerprint density at radius 3 is 2.72 bits per heavy atom. The highest BCUT2D eigenvalue weighted by molar-refractivity contribution is 6.30. The fourth-order valence-electron chi connectivity index (χ4n) is 3.58. The third-order valence-corrected chi connectivity index (χ3v) is 5.46. The molecule has 0 saturated heterocycles. The van der Waals surface area contributed by atoms with Gasteiger partial charge in [0.05, 0.1) is 23.3 Å². The Hall–Kier alpha value is -3.59. The van der Waals surface area contributed by atoms with Crippen molar-refractivity contribution >= 4 is 34.1 Å². The van der Waals surface area contributed by atoms with Gasteiger partial charge in [-0.15, -0.1) is 0 Å². The van der Waals surface area contributed by atoms with Crippen LogP contribution in [-0.2, 0) is 11.3 Å². The molecule has 1 aliphatic carbocycles. The molecule has 0 aliphatic heterocycles. The van der Waals surface area contributed by atoms with Crippen molar-refractivity contribution in [3.8, 4) is 5.69 Å². The van der Waals surface area contributed by atoms with Gasteiger partial charge in [0.2, 0.25) is 5.91 Å². The van der Waals surface area contributed by atoms with Crippen LogP contribution in [0, 0.1) is 11.6 Å².